The predicted octanol–water partition coefficient (Wildman–Crippen LogP) is 3.64. The van der Waals surface area contributed by atoms with Crippen molar-refractivity contribution in [1.29, 1.82) is 0 Å². The first-order valence-electron chi connectivity index (χ1n) is 4.37. The Hall–Kier alpha value is -0.723. The molecular weight excluding hydrogens is 256 g/mol. The van der Waals surface area contributed by atoms with E-state index in [4.69, 9.17) is 10.8 Å². The quantitative estimate of drug-likeness (QED) is 0.588. The second-order valence-electron chi connectivity index (χ2n) is 4.03. The van der Waals surface area contributed by atoms with Crippen molar-refractivity contribution in [2.45, 2.75) is 19.6 Å². The van der Waals surface area contributed by atoms with E-state index in [-0.39, 0.29) is 0 Å². The lowest BCUT2D eigenvalue weighted by Gasteiger charge is -2.19. The first kappa shape index (κ1) is 11.4. The lowest BCUT2D eigenvalue weighted by Crippen LogP contribution is -2.29. The summed E-state index contributed by atoms with van der Waals surface area (Å²) >= 11 is 3.40. The highest BCUT2D eigenvalue weighted by atomic mass is 79.9. The minimum atomic E-state index is -1.55. The van der Waals surface area contributed by atoms with Crippen LogP contribution in [0.1, 0.15) is 5.56 Å². The van der Waals surface area contributed by atoms with Gasteiger partial charge in [0.25, 0.3) is 0 Å². The van der Waals surface area contributed by atoms with Crippen LogP contribution >= 0.6 is 15.9 Å². The highest BCUT2D eigenvalue weighted by Crippen LogP contribution is 2.23. The highest BCUT2D eigenvalue weighted by molar-refractivity contribution is 9.10. The van der Waals surface area contributed by atoms with Gasteiger partial charge in [0.15, 0.2) is 0 Å². The SMILES string of the molecule is C#Cc1cc(Br)cc(O[Si](C)(C)C)c1. The second kappa shape index (κ2) is 4.20. The summed E-state index contributed by atoms with van der Waals surface area (Å²) in [5.41, 5.74) is 0.840. The fourth-order valence-electron chi connectivity index (χ4n) is 1.06. The Bertz CT molecular complexity index is 374. The molecule has 0 saturated heterocycles. The van der Waals surface area contributed by atoms with Gasteiger partial charge in [0.2, 0.25) is 8.32 Å². The maximum atomic E-state index is 5.84. The van der Waals surface area contributed by atoms with Gasteiger partial charge in [-0.25, -0.2) is 0 Å². The Balaban J connectivity index is 3.00. The molecule has 0 aliphatic rings. The van der Waals surface area contributed by atoms with Crippen LogP contribution in [0.5, 0.6) is 5.75 Å². The van der Waals surface area contributed by atoms with Crippen molar-refractivity contribution in [3.05, 3.63) is 28.2 Å². The minimum Gasteiger partial charge on any atom is -0.544 e. The number of halogens is 1. The predicted molar refractivity (Wildman–Crippen MR) is 66.1 cm³/mol. The van der Waals surface area contributed by atoms with Crippen LogP contribution in [0.4, 0.5) is 0 Å². The average Bonchev–Trinajstić information content (AvgIpc) is 1.99. The van der Waals surface area contributed by atoms with Gasteiger partial charge in [0, 0.05) is 10.0 Å². The van der Waals surface area contributed by atoms with E-state index in [1.807, 2.05) is 18.2 Å². The molecule has 0 fully saturated rings. The minimum absolute atomic E-state index is 0.840. The fraction of sp³-hybridized carbons (Fsp3) is 0.273. The topological polar surface area (TPSA) is 9.23 Å². The summed E-state index contributed by atoms with van der Waals surface area (Å²) < 4.78 is 6.80. The fourth-order valence-corrected chi connectivity index (χ4v) is 2.36. The molecule has 0 aromatic heterocycles. The molecule has 0 saturated carbocycles. The van der Waals surface area contributed by atoms with Gasteiger partial charge >= 0.3 is 0 Å². The molecule has 0 amide bonds. The van der Waals surface area contributed by atoms with Gasteiger partial charge in [-0.2, -0.15) is 0 Å². The molecule has 3 heteroatoms. The van der Waals surface area contributed by atoms with Crippen LogP contribution in [0.2, 0.25) is 19.6 Å². The summed E-state index contributed by atoms with van der Waals surface area (Å²) in [6.45, 7) is 6.43. The van der Waals surface area contributed by atoms with Crippen molar-refractivity contribution in [1.82, 2.24) is 0 Å². The van der Waals surface area contributed by atoms with E-state index < -0.39 is 8.32 Å². The van der Waals surface area contributed by atoms with Crippen LogP contribution in [-0.4, -0.2) is 8.32 Å². The molecule has 0 unspecified atom stereocenters. The lowest BCUT2D eigenvalue weighted by molar-refractivity contribution is 0.557. The van der Waals surface area contributed by atoms with E-state index in [1.54, 1.807) is 0 Å². The first-order valence-corrected chi connectivity index (χ1v) is 8.57. The van der Waals surface area contributed by atoms with Crippen molar-refractivity contribution in [3.8, 4) is 18.1 Å². The van der Waals surface area contributed by atoms with E-state index in [1.165, 1.54) is 0 Å². The van der Waals surface area contributed by atoms with Gasteiger partial charge in [-0.05, 0) is 37.8 Å². The molecular formula is C11H13BrOSi. The highest BCUT2D eigenvalue weighted by Gasteiger charge is 2.16. The third-order valence-corrected chi connectivity index (χ3v) is 2.77. The van der Waals surface area contributed by atoms with Crippen molar-refractivity contribution in [2.24, 2.45) is 0 Å². The second-order valence-corrected chi connectivity index (χ2v) is 9.38. The molecule has 0 heterocycles. The Kier molecular flexibility index (Phi) is 3.41. The summed E-state index contributed by atoms with van der Waals surface area (Å²) in [5.74, 6) is 3.45. The van der Waals surface area contributed by atoms with Crippen LogP contribution in [0.25, 0.3) is 0 Å². The summed E-state index contributed by atoms with van der Waals surface area (Å²) in [4.78, 5) is 0. The molecule has 1 aromatic rings. The summed E-state index contributed by atoms with van der Waals surface area (Å²) in [7, 11) is -1.55. The van der Waals surface area contributed by atoms with Crippen molar-refractivity contribution < 1.29 is 4.43 Å². The van der Waals surface area contributed by atoms with E-state index in [9.17, 15) is 0 Å². The smallest absolute Gasteiger partial charge is 0.242 e. The summed E-state index contributed by atoms with van der Waals surface area (Å²) in [5, 5.41) is 0. The molecule has 1 rings (SSSR count). The zero-order valence-corrected chi connectivity index (χ0v) is 11.2. The van der Waals surface area contributed by atoms with E-state index in [0.29, 0.717) is 0 Å². The molecule has 0 N–H and O–H groups in total. The number of rotatable bonds is 2. The third kappa shape index (κ3) is 3.57. The van der Waals surface area contributed by atoms with Gasteiger partial charge in [-0.3, -0.25) is 0 Å². The molecule has 0 aliphatic carbocycles. The van der Waals surface area contributed by atoms with E-state index >= 15 is 0 Å². The molecule has 0 aliphatic heterocycles. The largest absolute Gasteiger partial charge is 0.544 e. The number of benzene rings is 1. The van der Waals surface area contributed by atoms with Gasteiger partial charge in [0.05, 0.1) is 0 Å². The monoisotopic (exact) mass is 268 g/mol. The molecule has 14 heavy (non-hydrogen) atoms. The normalized spacial score (nSPS) is 10.8. The molecule has 0 radical (unpaired) electrons. The number of hydrogen-bond acceptors (Lipinski definition) is 1. The standard InChI is InChI=1S/C11H13BrOSi/c1-5-9-6-10(12)8-11(7-9)13-14(2,3)4/h1,6-8H,2-4H3. The lowest BCUT2D eigenvalue weighted by atomic mass is 10.2. The zero-order valence-electron chi connectivity index (χ0n) is 8.60. The van der Waals surface area contributed by atoms with Crippen LogP contribution < -0.4 is 4.43 Å². The molecule has 0 bridgehead atoms. The molecule has 1 nitrogen and oxygen atoms in total. The van der Waals surface area contributed by atoms with E-state index in [0.717, 1.165) is 15.8 Å². The number of hydrogen-bond donors (Lipinski definition) is 0. The Morgan fingerprint density at radius 3 is 2.43 bits per heavy atom. The zero-order chi connectivity index (χ0) is 10.8. The summed E-state index contributed by atoms with van der Waals surface area (Å²) in [6.07, 6.45) is 5.34. The van der Waals surface area contributed by atoms with Gasteiger partial charge in [-0.15, -0.1) is 6.42 Å². The van der Waals surface area contributed by atoms with Crippen molar-refractivity contribution in [3.63, 3.8) is 0 Å². The Morgan fingerprint density at radius 1 is 1.29 bits per heavy atom. The van der Waals surface area contributed by atoms with E-state index in [2.05, 4.69) is 41.5 Å². The van der Waals surface area contributed by atoms with Crippen molar-refractivity contribution in [2.75, 3.05) is 0 Å². The third-order valence-electron chi connectivity index (χ3n) is 1.46. The molecule has 0 spiro atoms. The first-order chi connectivity index (χ1) is 6.40. The Morgan fingerprint density at radius 2 is 1.93 bits per heavy atom. The van der Waals surface area contributed by atoms with Crippen LogP contribution in [0, 0.1) is 12.3 Å². The summed E-state index contributed by atoms with van der Waals surface area (Å²) in [6, 6.07) is 5.74. The van der Waals surface area contributed by atoms with Gasteiger partial charge in [0.1, 0.15) is 5.75 Å². The molecule has 0 atom stereocenters. The maximum Gasteiger partial charge on any atom is 0.242 e. The van der Waals surface area contributed by atoms with Gasteiger partial charge < -0.3 is 4.43 Å². The molecule has 1 aromatic carbocycles. The number of terminal acetylenes is 1. The van der Waals surface area contributed by atoms with Gasteiger partial charge in [-0.1, -0.05) is 21.9 Å². The Labute approximate surface area is 94.7 Å². The van der Waals surface area contributed by atoms with Crippen LogP contribution in [-0.2, 0) is 0 Å². The van der Waals surface area contributed by atoms with Crippen LogP contribution in [0.15, 0.2) is 22.7 Å². The molecule has 74 valence electrons. The average molecular weight is 269 g/mol. The van der Waals surface area contributed by atoms with Crippen molar-refractivity contribution >= 4 is 24.2 Å². The maximum absolute atomic E-state index is 5.84. The van der Waals surface area contributed by atoms with Crippen LogP contribution in [0.3, 0.4) is 0 Å².